The summed E-state index contributed by atoms with van der Waals surface area (Å²) in [6.45, 7) is 4.57. The number of carbonyl (C=O) groups is 2. The van der Waals surface area contributed by atoms with Gasteiger partial charge in [-0.25, -0.2) is 4.98 Å². The van der Waals surface area contributed by atoms with Crippen LogP contribution in [0, 0.1) is 5.92 Å². The normalized spacial score (nSPS) is 14.5. The second kappa shape index (κ2) is 9.85. The molecular formula is C25H30N4O3. The summed E-state index contributed by atoms with van der Waals surface area (Å²) in [5, 5.41) is 2.95. The highest BCUT2D eigenvalue weighted by molar-refractivity contribution is 5.94. The molecule has 0 atom stereocenters. The number of carbonyl (C=O) groups excluding carboxylic acids is 2. The molecule has 0 saturated carbocycles. The van der Waals surface area contributed by atoms with Crippen LogP contribution in [0.1, 0.15) is 35.9 Å². The SMILES string of the molecule is COc1cccc(C(=O)NCCc2nc3ccccc3n2CC(=O)N2CCC(C)CC2)c1. The lowest BCUT2D eigenvalue weighted by Crippen LogP contribution is -2.40. The lowest BCUT2D eigenvalue weighted by Gasteiger charge is -2.30. The highest BCUT2D eigenvalue weighted by Gasteiger charge is 2.22. The number of nitrogens with one attached hydrogen (secondary N) is 1. The minimum atomic E-state index is -0.162. The minimum Gasteiger partial charge on any atom is -0.497 e. The van der Waals surface area contributed by atoms with Crippen molar-refractivity contribution in [3.05, 3.63) is 59.9 Å². The van der Waals surface area contributed by atoms with E-state index in [0.717, 1.165) is 42.8 Å². The van der Waals surface area contributed by atoms with Crippen molar-refractivity contribution in [1.82, 2.24) is 19.8 Å². The van der Waals surface area contributed by atoms with Crippen LogP contribution in [-0.4, -0.2) is 53.0 Å². The third-order valence-electron chi connectivity index (χ3n) is 6.13. The number of rotatable bonds is 7. The third-order valence-corrected chi connectivity index (χ3v) is 6.13. The molecule has 1 aliphatic rings. The first-order valence-corrected chi connectivity index (χ1v) is 11.2. The number of para-hydroxylation sites is 2. The summed E-state index contributed by atoms with van der Waals surface area (Å²) in [5.41, 5.74) is 2.36. The lowest BCUT2D eigenvalue weighted by atomic mass is 9.99. The van der Waals surface area contributed by atoms with Gasteiger partial charge in [-0.15, -0.1) is 0 Å². The maximum Gasteiger partial charge on any atom is 0.251 e. The Labute approximate surface area is 188 Å². The van der Waals surface area contributed by atoms with E-state index in [1.807, 2.05) is 33.7 Å². The monoisotopic (exact) mass is 434 g/mol. The minimum absolute atomic E-state index is 0.127. The number of hydrogen-bond acceptors (Lipinski definition) is 4. The highest BCUT2D eigenvalue weighted by Crippen LogP contribution is 2.20. The zero-order valence-corrected chi connectivity index (χ0v) is 18.7. The molecular weight excluding hydrogens is 404 g/mol. The van der Waals surface area contributed by atoms with Crippen LogP contribution in [0.4, 0.5) is 0 Å². The quantitative estimate of drug-likeness (QED) is 0.619. The number of nitrogens with zero attached hydrogens (tertiary/aromatic N) is 3. The van der Waals surface area contributed by atoms with E-state index in [1.54, 1.807) is 31.4 Å². The van der Waals surface area contributed by atoms with Gasteiger partial charge in [0.25, 0.3) is 5.91 Å². The molecule has 0 unspecified atom stereocenters. The summed E-state index contributed by atoms with van der Waals surface area (Å²) in [5.74, 6) is 2.09. The van der Waals surface area contributed by atoms with Crippen molar-refractivity contribution in [3.8, 4) is 5.75 Å². The van der Waals surface area contributed by atoms with Gasteiger partial charge in [0.1, 0.15) is 18.1 Å². The van der Waals surface area contributed by atoms with E-state index in [1.165, 1.54) is 0 Å². The van der Waals surface area contributed by atoms with E-state index in [0.29, 0.717) is 30.2 Å². The number of likely N-dealkylation sites (tertiary alicyclic amines) is 1. The van der Waals surface area contributed by atoms with E-state index in [4.69, 9.17) is 9.72 Å². The van der Waals surface area contributed by atoms with Crippen LogP contribution < -0.4 is 10.1 Å². The number of ether oxygens (including phenoxy) is 1. The maximum atomic E-state index is 13.0. The van der Waals surface area contributed by atoms with Gasteiger partial charge in [0.15, 0.2) is 0 Å². The van der Waals surface area contributed by atoms with Gasteiger partial charge in [0.05, 0.1) is 18.1 Å². The second-order valence-corrected chi connectivity index (χ2v) is 8.40. The van der Waals surface area contributed by atoms with Crippen LogP contribution in [0.15, 0.2) is 48.5 Å². The van der Waals surface area contributed by atoms with Gasteiger partial charge in [-0.05, 0) is 49.1 Å². The zero-order valence-electron chi connectivity index (χ0n) is 18.7. The van der Waals surface area contributed by atoms with E-state index in [9.17, 15) is 9.59 Å². The summed E-state index contributed by atoms with van der Waals surface area (Å²) in [4.78, 5) is 32.2. The fourth-order valence-electron chi connectivity index (χ4n) is 4.14. The summed E-state index contributed by atoms with van der Waals surface area (Å²) < 4.78 is 7.19. The first-order valence-electron chi connectivity index (χ1n) is 11.2. The largest absolute Gasteiger partial charge is 0.497 e. The molecule has 3 aromatic rings. The molecule has 168 valence electrons. The van der Waals surface area contributed by atoms with Gasteiger partial charge in [0.2, 0.25) is 5.91 Å². The molecule has 1 saturated heterocycles. The van der Waals surface area contributed by atoms with Crippen LogP contribution in [0.5, 0.6) is 5.75 Å². The Kier molecular flexibility index (Phi) is 6.73. The number of piperidine rings is 1. The molecule has 0 aliphatic carbocycles. The number of hydrogen-bond donors (Lipinski definition) is 1. The standard InChI is InChI=1S/C25H30N4O3/c1-18-11-14-28(15-12-18)24(30)17-29-22-9-4-3-8-21(22)27-23(29)10-13-26-25(31)19-6-5-7-20(16-19)32-2/h3-9,16,18H,10-15,17H2,1-2H3,(H,26,31). The average molecular weight is 435 g/mol. The summed E-state index contributed by atoms with van der Waals surface area (Å²) in [7, 11) is 1.58. The van der Waals surface area contributed by atoms with Gasteiger partial charge in [-0.2, -0.15) is 0 Å². The Bertz CT molecular complexity index is 1100. The molecule has 1 aromatic heterocycles. The topological polar surface area (TPSA) is 76.5 Å². The third kappa shape index (κ3) is 4.93. The number of fused-ring (bicyclic) bond motifs is 1. The Balaban J connectivity index is 1.45. The number of benzene rings is 2. The molecule has 4 rings (SSSR count). The fourth-order valence-corrected chi connectivity index (χ4v) is 4.14. The molecule has 2 aromatic carbocycles. The van der Waals surface area contributed by atoms with Crippen molar-refractivity contribution in [2.24, 2.45) is 5.92 Å². The van der Waals surface area contributed by atoms with Gasteiger partial charge < -0.3 is 19.5 Å². The molecule has 0 spiro atoms. The molecule has 0 radical (unpaired) electrons. The van der Waals surface area contributed by atoms with Crippen LogP contribution in [0.2, 0.25) is 0 Å². The Morgan fingerprint density at radius 1 is 1.12 bits per heavy atom. The average Bonchev–Trinajstić information content (AvgIpc) is 3.16. The molecule has 1 aliphatic heterocycles. The Morgan fingerprint density at radius 3 is 2.69 bits per heavy atom. The second-order valence-electron chi connectivity index (χ2n) is 8.40. The fraction of sp³-hybridized carbons (Fsp3) is 0.400. The zero-order chi connectivity index (χ0) is 22.5. The van der Waals surface area contributed by atoms with Gasteiger partial charge in [-0.3, -0.25) is 9.59 Å². The van der Waals surface area contributed by atoms with Crippen molar-refractivity contribution in [2.45, 2.75) is 32.7 Å². The molecule has 32 heavy (non-hydrogen) atoms. The number of imidazole rings is 1. The number of amides is 2. The predicted molar refractivity (Wildman–Crippen MR) is 124 cm³/mol. The van der Waals surface area contributed by atoms with Crippen LogP contribution in [0.25, 0.3) is 11.0 Å². The van der Waals surface area contributed by atoms with E-state index in [2.05, 4.69) is 12.2 Å². The first kappa shape index (κ1) is 21.9. The number of aromatic nitrogens is 2. The molecule has 7 nitrogen and oxygen atoms in total. The van der Waals surface area contributed by atoms with Crippen molar-refractivity contribution in [2.75, 3.05) is 26.7 Å². The van der Waals surface area contributed by atoms with Crippen molar-refractivity contribution >= 4 is 22.8 Å². The van der Waals surface area contributed by atoms with Gasteiger partial charge in [0, 0.05) is 31.6 Å². The molecule has 0 bridgehead atoms. The maximum absolute atomic E-state index is 13.0. The van der Waals surface area contributed by atoms with Gasteiger partial charge in [-0.1, -0.05) is 25.1 Å². The summed E-state index contributed by atoms with van der Waals surface area (Å²) in [6, 6.07) is 14.9. The molecule has 2 heterocycles. The number of methoxy groups -OCH3 is 1. The Hall–Kier alpha value is -3.35. The summed E-state index contributed by atoms with van der Waals surface area (Å²) in [6.07, 6.45) is 2.65. The van der Waals surface area contributed by atoms with Crippen LogP contribution in [0.3, 0.4) is 0 Å². The predicted octanol–water partition coefficient (Wildman–Crippen LogP) is 3.28. The first-order chi connectivity index (χ1) is 15.5. The van der Waals surface area contributed by atoms with Crippen molar-refractivity contribution in [3.63, 3.8) is 0 Å². The summed E-state index contributed by atoms with van der Waals surface area (Å²) >= 11 is 0. The van der Waals surface area contributed by atoms with Gasteiger partial charge >= 0.3 is 0 Å². The molecule has 1 N–H and O–H groups in total. The Morgan fingerprint density at radius 2 is 1.91 bits per heavy atom. The van der Waals surface area contributed by atoms with E-state index >= 15 is 0 Å². The smallest absolute Gasteiger partial charge is 0.251 e. The van der Waals surface area contributed by atoms with E-state index < -0.39 is 0 Å². The molecule has 2 amide bonds. The van der Waals surface area contributed by atoms with Crippen molar-refractivity contribution < 1.29 is 14.3 Å². The van der Waals surface area contributed by atoms with Crippen LogP contribution >= 0.6 is 0 Å². The van der Waals surface area contributed by atoms with Crippen LogP contribution in [-0.2, 0) is 17.8 Å². The molecule has 1 fully saturated rings. The van der Waals surface area contributed by atoms with Crippen molar-refractivity contribution in [1.29, 1.82) is 0 Å². The molecule has 7 heteroatoms. The highest BCUT2D eigenvalue weighted by atomic mass is 16.5. The lowest BCUT2D eigenvalue weighted by molar-refractivity contribution is -0.133. The van der Waals surface area contributed by atoms with E-state index in [-0.39, 0.29) is 18.4 Å².